The largest absolute Gasteiger partial charge is 0.284 e. The van der Waals surface area contributed by atoms with Gasteiger partial charge in [-0.2, -0.15) is 4.37 Å². The highest BCUT2D eigenvalue weighted by Crippen LogP contribution is 2.32. The van der Waals surface area contributed by atoms with E-state index in [0.29, 0.717) is 5.16 Å². The Morgan fingerprint density at radius 2 is 1.91 bits per heavy atom. The van der Waals surface area contributed by atoms with E-state index in [1.54, 1.807) is 15.9 Å². The monoisotopic (exact) mass is 352 g/mol. The zero-order valence-electron chi connectivity index (χ0n) is 13.0. The molecule has 0 amide bonds. The number of fused-ring (bicyclic) bond motifs is 1. The fourth-order valence-electron chi connectivity index (χ4n) is 2.21. The van der Waals surface area contributed by atoms with Crippen molar-refractivity contribution in [3.63, 3.8) is 0 Å². The van der Waals surface area contributed by atoms with Crippen LogP contribution < -0.4 is 5.56 Å². The Balaban J connectivity index is 2.24. The molecule has 0 fully saturated rings. The van der Waals surface area contributed by atoms with E-state index in [2.05, 4.69) is 9.36 Å². The minimum atomic E-state index is 0.0330. The molecular formula is C14H16N4OS3. The maximum Gasteiger partial charge on any atom is 0.263 e. The predicted molar refractivity (Wildman–Crippen MR) is 92.5 cm³/mol. The lowest BCUT2D eigenvalue weighted by Gasteiger charge is -2.14. The van der Waals surface area contributed by atoms with Gasteiger partial charge >= 0.3 is 0 Å². The third-order valence-electron chi connectivity index (χ3n) is 3.41. The molecule has 3 aromatic heterocycles. The third-order valence-corrected chi connectivity index (χ3v) is 6.32. The van der Waals surface area contributed by atoms with Gasteiger partial charge in [0.1, 0.15) is 10.7 Å². The second-order valence-electron chi connectivity index (χ2n) is 5.34. The minimum Gasteiger partial charge on any atom is -0.284 e. The van der Waals surface area contributed by atoms with E-state index in [0.717, 1.165) is 30.8 Å². The molecule has 0 aliphatic rings. The first-order chi connectivity index (χ1) is 10.4. The van der Waals surface area contributed by atoms with E-state index in [1.165, 1.54) is 23.3 Å². The van der Waals surface area contributed by atoms with Crippen LogP contribution in [0.4, 0.5) is 0 Å². The van der Waals surface area contributed by atoms with Crippen LogP contribution in [0.15, 0.2) is 14.3 Å². The van der Waals surface area contributed by atoms with Gasteiger partial charge in [-0.1, -0.05) is 0 Å². The van der Waals surface area contributed by atoms with Crippen LogP contribution in [0.1, 0.15) is 36.2 Å². The first kappa shape index (κ1) is 15.6. The van der Waals surface area contributed by atoms with Crippen molar-refractivity contribution in [3.05, 3.63) is 26.6 Å². The quantitative estimate of drug-likeness (QED) is 0.668. The number of aromatic nitrogens is 4. The highest BCUT2D eigenvalue weighted by Gasteiger charge is 2.19. The summed E-state index contributed by atoms with van der Waals surface area (Å²) in [6.07, 6.45) is 0. The van der Waals surface area contributed by atoms with Crippen molar-refractivity contribution in [2.24, 2.45) is 0 Å². The van der Waals surface area contributed by atoms with Crippen molar-refractivity contribution >= 4 is 44.8 Å². The van der Waals surface area contributed by atoms with Crippen LogP contribution in [0.25, 0.3) is 10.2 Å². The standard InChI is InChI=1S/C14H16N4OS3/c1-6(2)18-12(19)10-7(3)8(4)20-11(10)16-13(18)21-14-15-9(5)17-22-14/h6H,1-5H3. The Hall–Kier alpha value is -1.25. The van der Waals surface area contributed by atoms with Gasteiger partial charge in [0, 0.05) is 10.9 Å². The van der Waals surface area contributed by atoms with Gasteiger partial charge in [0.05, 0.1) is 5.39 Å². The molecule has 0 unspecified atom stereocenters. The molecule has 0 aliphatic heterocycles. The molecule has 0 spiro atoms. The fraction of sp³-hybridized carbons (Fsp3) is 0.429. The molecule has 0 aliphatic carbocycles. The Kier molecular flexibility index (Phi) is 4.09. The van der Waals surface area contributed by atoms with Gasteiger partial charge in [-0.15, -0.1) is 11.3 Å². The number of nitrogens with zero attached hydrogens (tertiary/aromatic N) is 4. The maximum absolute atomic E-state index is 12.9. The molecule has 116 valence electrons. The summed E-state index contributed by atoms with van der Waals surface area (Å²) in [5.41, 5.74) is 1.07. The summed E-state index contributed by atoms with van der Waals surface area (Å²) < 4.78 is 6.75. The van der Waals surface area contributed by atoms with E-state index in [-0.39, 0.29) is 11.6 Å². The molecule has 0 saturated carbocycles. The second-order valence-corrected chi connectivity index (χ2v) is 8.51. The van der Waals surface area contributed by atoms with Crippen molar-refractivity contribution < 1.29 is 0 Å². The highest BCUT2D eigenvalue weighted by atomic mass is 32.2. The van der Waals surface area contributed by atoms with E-state index in [4.69, 9.17) is 4.98 Å². The maximum atomic E-state index is 12.9. The molecule has 3 heterocycles. The van der Waals surface area contributed by atoms with Gasteiger partial charge in [-0.25, -0.2) is 9.97 Å². The third kappa shape index (κ3) is 2.59. The number of hydrogen-bond donors (Lipinski definition) is 0. The van der Waals surface area contributed by atoms with E-state index in [9.17, 15) is 4.79 Å². The number of rotatable bonds is 3. The molecule has 3 aromatic rings. The number of hydrogen-bond acceptors (Lipinski definition) is 7. The van der Waals surface area contributed by atoms with Crippen LogP contribution in [0.2, 0.25) is 0 Å². The first-order valence-electron chi connectivity index (χ1n) is 6.89. The van der Waals surface area contributed by atoms with Crippen LogP contribution in [0.3, 0.4) is 0 Å². The van der Waals surface area contributed by atoms with Crippen LogP contribution in [-0.2, 0) is 0 Å². The van der Waals surface area contributed by atoms with E-state index < -0.39 is 0 Å². The smallest absolute Gasteiger partial charge is 0.263 e. The van der Waals surface area contributed by atoms with Gasteiger partial charge in [0.15, 0.2) is 9.50 Å². The van der Waals surface area contributed by atoms with Crippen molar-refractivity contribution in [1.82, 2.24) is 18.9 Å². The summed E-state index contributed by atoms with van der Waals surface area (Å²) in [5, 5.41) is 1.43. The Bertz CT molecular complexity index is 907. The molecule has 3 rings (SSSR count). The lowest BCUT2D eigenvalue weighted by atomic mass is 10.2. The van der Waals surface area contributed by atoms with Crippen molar-refractivity contribution in [1.29, 1.82) is 0 Å². The summed E-state index contributed by atoms with van der Waals surface area (Å²) in [6, 6.07) is 0.0422. The Morgan fingerprint density at radius 3 is 2.50 bits per heavy atom. The van der Waals surface area contributed by atoms with E-state index in [1.807, 2.05) is 34.6 Å². The summed E-state index contributed by atoms with van der Waals surface area (Å²) >= 11 is 4.32. The highest BCUT2D eigenvalue weighted by molar-refractivity contribution is 8.00. The molecule has 0 radical (unpaired) electrons. The molecule has 22 heavy (non-hydrogen) atoms. The predicted octanol–water partition coefficient (Wildman–Crippen LogP) is 3.97. The molecule has 0 aromatic carbocycles. The lowest BCUT2D eigenvalue weighted by Crippen LogP contribution is -2.24. The Morgan fingerprint density at radius 1 is 1.18 bits per heavy atom. The molecule has 8 heteroatoms. The summed E-state index contributed by atoms with van der Waals surface area (Å²) in [5.74, 6) is 0.745. The zero-order chi connectivity index (χ0) is 16.0. The minimum absolute atomic E-state index is 0.0330. The fourth-order valence-corrected chi connectivity index (χ4v) is 5.06. The molecule has 0 saturated heterocycles. The Labute approximate surface area is 140 Å². The summed E-state index contributed by atoms with van der Waals surface area (Å²) in [7, 11) is 0. The van der Waals surface area contributed by atoms with Gasteiger partial charge in [-0.3, -0.25) is 9.36 Å². The number of aryl methyl sites for hydroxylation is 3. The first-order valence-corrected chi connectivity index (χ1v) is 9.29. The average molecular weight is 353 g/mol. The normalized spacial score (nSPS) is 11.7. The van der Waals surface area contributed by atoms with E-state index >= 15 is 0 Å². The topological polar surface area (TPSA) is 60.7 Å². The molecule has 5 nitrogen and oxygen atoms in total. The van der Waals surface area contributed by atoms with Gasteiger partial charge in [0.25, 0.3) is 5.56 Å². The SMILES string of the molecule is Cc1nsc(Sc2nc3sc(C)c(C)c3c(=O)n2C(C)C)n1. The van der Waals surface area contributed by atoms with Crippen molar-refractivity contribution in [3.8, 4) is 0 Å². The lowest BCUT2D eigenvalue weighted by molar-refractivity contribution is 0.519. The zero-order valence-corrected chi connectivity index (χ0v) is 15.4. The molecular weight excluding hydrogens is 336 g/mol. The number of thiophene rings is 1. The van der Waals surface area contributed by atoms with Crippen LogP contribution >= 0.6 is 34.6 Å². The molecule has 0 N–H and O–H groups in total. The van der Waals surface area contributed by atoms with Gasteiger partial charge in [-0.05, 0) is 63.5 Å². The van der Waals surface area contributed by atoms with Crippen LogP contribution in [-0.4, -0.2) is 18.9 Å². The summed E-state index contributed by atoms with van der Waals surface area (Å²) in [6.45, 7) is 9.88. The van der Waals surface area contributed by atoms with Gasteiger partial charge < -0.3 is 0 Å². The van der Waals surface area contributed by atoms with Gasteiger partial charge in [0.2, 0.25) is 0 Å². The van der Waals surface area contributed by atoms with Crippen molar-refractivity contribution in [2.75, 3.05) is 0 Å². The van der Waals surface area contributed by atoms with Crippen LogP contribution in [0.5, 0.6) is 0 Å². The summed E-state index contributed by atoms with van der Waals surface area (Å²) in [4.78, 5) is 23.9. The average Bonchev–Trinajstić information content (AvgIpc) is 2.94. The van der Waals surface area contributed by atoms with Crippen molar-refractivity contribution in [2.45, 2.75) is 50.2 Å². The van der Waals surface area contributed by atoms with Crippen LogP contribution in [0, 0.1) is 20.8 Å². The molecule has 0 bridgehead atoms. The second kappa shape index (κ2) is 5.75. The molecule has 0 atom stereocenters.